The molecule has 1 N–H and O–H groups in total. The molecule has 0 atom stereocenters. The Morgan fingerprint density at radius 2 is 1.59 bits per heavy atom. The highest BCUT2D eigenvalue weighted by molar-refractivity contribution is 7.92. The minimum absolute atomic E-state index is 0.0821. The van der Waals surface area contributed by atoms with Crippen LogP contribution < -0.4 is 9.62 Å². The number of aryl methyl sites for hydroxylation is 1. The van der Waals surface area contributed by atoms with Gasteiger partial charge >= 0.3 is 0 Å². The van der Waals surface area contributed by atoms with Crippen molar-refractivity contribution < 1.29 is 17.6 Å². The van der Waals surface area contributed by atoms with Gasteiger partial charge in [-0.1, -0.05) is 42.0 Å². The Bertz CT molecular complexity index is 1110. The van der Waals surface area contributed by atoms with Crippen LogP contribution >= 0.6 is 0 Å². The van der Waals surface area contributed by atoms with Gasteiger partial charge in [0.2, 0.25) is 10.0 Å². The van der Waals surface area contributed by atoms with Crippen LogP contribution in [0, 0.1) is 12.7 Å². The van der Waals surface area contributed by atoms with Gasteiger partial charge in [0.05, 0.1) is 24.2 Å². The van der Waals surface area contributed by atoms with Crippen molar-refractivity contribution in [1.82, 2.24) is 0 Å². The van der Waals surface area contributed by atoms with E-state index >= 15 is 0 Å². The molecule has 0 spiro atoms. The molecule has 0 fully saturated rings. The van der Waals surface area contributed by atoms with E-state index in [1.54, 1.807) is 18.2 Å². The molecule has 5 nitrogen and oxygen atoms in total. The molecule has 3 rings (SSSR count). The molecule has 0 aliphatic rings. The second-order valence-corrected chi connectivity index (χ2v) is 8.64. The first-order valence-corrected chi connectivity index (χ1v) is 10.8. The number of benzene rings is 3. The van der Waals surface area contributed by atoms with E-state index in [0.717, 1.165) is 17.4 Å². The zero-order valence-electron chi connectivity index (χ0n) is 16.1. The molecule has 150 valence electrons. The van der Waals surface area contributed by atoms with E-state index in [4.69, 9.17) is 0 Å². The summed E-state index contributed by atoms with van der Waals surface area (Å²) in [5.41, 5.74) is 2.75. The molecule has 0 saturated carbocycles. The highest BCUT2D eigenvalue weighted by atomic mass is 32.2. The largest absolute Gasteiger partial charge is 0.319 e. The Labute approximate surface area is 169 Å². The summed E-state index contributed by atoms with van der Waals surface area (Å²) in [5, 5.41) is 2.50. The molecule has 0 heterocycles. The number of nitrogens with zero attached hydrogens (tertiary/aromatic N) is 1. The standard InChI is InChI=1S/C22H21FN2O3S/c1-16-7-9-17(10-8-16)15-25(29(2,27)28)19-13-11-18(12-14-19)22(26)24-21-6-4-3-5-20(21)23/h3-14H,15H2,1-2H3,(H,24,26). The maximum Gasteiger partial charge on any atom is 0.255 e. The summed E-state index contributed by atoms with van der Waals surface area (Å²) in [4.78, 5) is 12.4. The number of anilines is 2. The second-order valence-electron chi connectivity index (χ2n) is 6.74. The number of rotatable bonds is 6. The van der Waals surface area contributed by atoms with E-state index in [2.05, 4.69) is 5.32 Å². The summed E-state index contributed by atoms with van der Waals surface area (Å²) in [6, 6.07) is 19.6. The van der Waals surface area contributed by atoms with Gasteiger partial charge in [0.1, 0.15) is 5.82 Å². The Balaban J connectivity index is 1.81. The summed E-state index contributed by atoms with van der Waals surface area (Å²) in [5.74, 6) is -1.01. The van der Waals surface area contributed by atoms with Crippen LogP contribution in [0.1, 0.15) is 21.5 Å². The number of carbonyl (C=O) groups is 1. The van der Waals surface area contributed by atoms with Crippen LogP contribution in [0.3, 0.4) is 0 Å². The monoisotopic (exact) mass is 412 g/mol. The van der Waals surface area contributed by atoms with Crippen molar-refractivity contribution in [1.29, 1.82) is 0 Å². The minimum atomic E-state index is -3.53. The van der Waals surface area contributed by atoms with Crippen molar-refractivity contribution in [2.75, 3.05) is 15.9 Å². The Morgan fingerprint density at radius 3 is 2.17 bits per heavy atom. The zero-order chi connectivity index (χ0) is 21.0. The van der Waals surface area contributed by atoms with Gasteiger partial charge in [0, 0.05) is 5.56 Å². The molecular weight excluding hydrogens is 391 g/mol. The van der Waals surface area contributed by atoms with Gasteiger partial charge in [0.15, 0.2) is 0 Å². The maximum absolute atomic E-state index is 13.7. The molecule has 0 saturated heterocycles. The Hall–Kier alpha value is -3.19. The van der Waals surface area contributed by atoms with E-state index in [-0.39, 0.29) is 12.2 Å². The fourth-order valence-electron chi connectivity index (χ4n) is 2.80. The van der Waals surface area contributed by atoms with E-state index in [0.29, 0.717) is 11.3 Å². The molecule has 29 heavy (non-hydrogen) atoms. The average Bonchev–Trinajstić information content (AvgIpc) is 2.68. The van der Waals surface area contributed by atoms with Crippen molar-refractivity contribution in [3.05, 3.63) is 95.3 Å². The van der Waals surface area contributed by atoms with Gasteiger partial charge in [-0.25, -0.2) is 12.8 Å². The lowest BCUT2D eigenvalue weighted by molar-refractivity contribution is 0.102. The number of hydrogen-bond acceptors (Lipinski definition) is 3. The van der Waals surface area contributed by atoms with Crippen molar-refractivity contribution in [3.63, 3.8) is 0 Å². The molecule has 0 unspecified atom stereocenters. The normalized spacial score (nSPS) is 11.1. The number of para-hydroxylation sites is 1. The molecule has 0 aliphatic carbocycles. The third-order valence-corrected chi connectivity index (χ3v) is 5.53. The van der Waals surface area contributed by atoms with Gasteiger partial charge in [-0.2, -0.15) is 0 Å². The number of hydrogen-bond donors (Lipinski definition) is 1. The summed E-state index contributed by atoms with van der Waals surface area (Å²) in [6.07, 6.45) is 1.14. The molecular formula is C22H21FN2O3S. The number of halogens is 1. The average molecular weight is 412 g/mol. The first-order valence-electron chi connectivity index (χ1n) is 8.93. The van der Waals surface area contributed by atoms with Crippen LogP contribution in [0.15, 0.2) is 72.8 Å². The second kappa shape index (κ2) is 8.45. The van der Waals surface area contributed by atoms with Gasteiger partial charge in [-0.05, 0) is 48.9 Å². The third kappa shape index (κ3) is 5.20. The van der Waals surface area contributed by atoms with E-state index in [1.807, 2.05) is 31.2 Å². The molecule has 1 amide bonds. The summed E-state index contributed by atoms with van der Waals surface area (Å²) < 4.78 is 39.6. The van der Waals surface area contributed by atoms with E-state index < -0.39 is 21.7 Å². The molecule has 0 aliphatic heterocycles. The molecule has 7 heteroatoms. The number of carbonyl (C=O) groups excluding carboxylic acids is 1. The van der Waals surface area contributed by atoms with Crippen LogP contribution in [0.25, 0.3) is 0 Å². The lowest BCUT2D eigenvalue weighted by Gasteiger charge is -2.23. The predicted octanol–water partition coefficient (Wildman–Crippen LogP) is 4.35. The summed E-state index contributed by atoms with van der Waals surface area (Å²) >= 11 is 0. The lowest BCUT2D eigenvalue weighted by Crippen LogP contribution is -2.29. The quantitative estimate of drug-likeness (QED) is 0.654. The van der Waals surface area contributed by atoms with E-state index in [1.165, 1.54) is 34.6 Å². The van der Waals surface area contributed by atoms with Crippen molar-refractivity contribution in [2.45, 2.75) is 13.5 Å². The van der Waals surface area contributed by atoms with E-state index in [9.17, 15) is 17.6 Å². The molecule has 0 aromatic heterocycles. The van der Waals surface area contributed by atoms with Crippen LogP contribution in [-0.2, 0) is 16.6 Å². The maximum atomic E-state index is 13.7. The molecule has 3 aromatic rings. The number of amides is 1. The SMILES string of the molecule is Cc1ccc(CN(c2ccc(C(=O)Nc3ccccc3F)cc2)S(C)(=O)=O)cc1. The van der Waals surface area contributed by atoms with Gasteiger partial charge in [0.25, 0.3) is 5.91 Å². The van der Waals surface area contributed by atoms with Crippen LogP contribution in [0.5, 0.6) is 0 Å². The topological polar surface area (TPSA) is 66.5 Å². The van der Waals surface area contributed by atoms with Gasteiger partial charge in [-0.3, -0.25) is 9.10 Å². The fourth-order valence-corrected chi connectivity index (χ4v) is 3.68. The smallest absolute Gasteiger partial charge is 0.255 e. The van der Waals surface area contributed by atoms with Crippen molar-refractivity contribution >= 4 is 27.3 Å². The first kappa shape index (κ1) is 20.5. The molecule has 0 radical (unpaired) electrons. The Kier molecular flexibility index (Phi) is 5.98. The van der Waals surface area contributed by atoms with Crippen LogP contribution in [0.4, 0.5) is 15.8 Å². The Morgan fingerprint density at radius 1 is 0.966 bits per heavy atom. The van der Waals surface area contributed by atoms with Crippen LogP contribution in [0.2, 0.25) is 0 Å². The minimum Gasteiger partial charge on any atom is -0.319 e. The number of nitrogens with one attached hydrogen (secondary N) is 1. The lowest BCUT2D eigenvalue weighted by atomic mass is 10.1. The van der Waals surface area contributed by atoms with Crippen molar-refractivity contribution in [2.24, 2.45) is 0 Å². The predicted molar refractivity (Wildman–Crippen MR) is 113 cm³/mol. The van der Waals surface area contributed by atoms with Gasteiger partial charge in [-0.15, -0.1) is 0 Å². The highest BCUT2D eigenvalue weighted by Gasteiger charge is 2.18. The summed E-state index contributed by atoms with van der Waals surface area (Å²) in [6.45, 7) is 2.14. The first-order chi connectivity index (χ1) is 13.7. The van der Waals surface area contributed by atoms with Crippen molar-refractivity contribution in [3.8, 4) is 0 Å². The van der Waals surface area contributed by atoms with Gasteiger partial charge < -0.3 is 5.32 Å². The molecule has 0 bridgehead atoms. The summed E-state index contributed by atoms with van der Waals surface area (Å²) in [7, 11) is -3.53. The molecule has 3 aromatic carbocycles. The highest BCUT2D eigenvalue weighted by Crippen LogP contribution is 2.22. The fraction of sp³-hybridized carbons (Fsp3) is 0.136. The number of sulfonamides is 1. The van der Waals surface area contributed by atoms with Crippen LogP contribution in [-0.4, -0.2) is 20.6 Å². The third-order valence-electron chi connectivity index (χ3n) is 4.39. The zero-order valence-corrected chi connectivity index (χ0v) is 16.9.